The first-order valence-electron chi connectivity index (χ1n) is 9.37. The van der Waals surface area contributed by atoms with Crippen LogP contribution in [0, 0.1) is 11.7 Å². The zero-order chi connectivity index (χ0) is 20.8. The molecule has 2 aliphatic rings. The third-order valence-corrected chi connectivity index (χ3v) is 5.83. The van der Waals surface area contributed by atoms with Gasteiger partial charge in [-0.2, -0.15) is 5.10 Å². The van der Waals surface area contributed by atoms with Crippen LogP contribution in [-0.2, 0) is 9.59 Å². The summed E-state index contributed by atoms with van der Waals surface area (Å²) >= 11 is 3.41. The molecule has 1 fully saturated rings. The molecule has 0 N–H and O–H groups in total. The quantitative estimate of drug-likeness (QED) is 0.541. The highest BCUT2D eigenvalue weighted by Crippen LogP contribution is 2.39. The van der Waals surface area contributed by atoms with E-state index in [4.69, 9.17) is 0 Å². The van der Waals surface area contributed by atoms with Crippen molar-refractivity contribution in [3.63, 3.8) is 0 Å². The number of carbonyl (C=O) groups is 2. The molecular weight excluding hydrogens is 449 g/mol. The molecule has 7 heteroatoms. The summed E-state index contributed by atoms with van der Waals surface area (Å²) < 4.78 is 15.3. The van der Waals surface area contributed by atoms with Gasteiger partial charge in [0.05, 0.1) is 17.1 Å². The van der Waals surface area contributed by atoms with E-state index in [2.05, 4.69) is 21.0 Å². The lowest BCUT2D eigenvalue weighted by molar-refractivity contribution is -0.121. The molecule has 0 saturated carbocycles. The number of hydrogen-bond acceptors (Lipinski definition) is 4. The Balaban J connectivity index is 1.65. The zero-order valence-electron chi connectivity index (χ0n) is 15.6. The fraction of sp³-hybridized carbons (Fsp3) is 0.0870. The Hall–Kier alpha value is -3.32. The molecule has 5 rings (SSSR count). The van der Waals surface area contributed by atoms with Crippen molar-refractivity contribution in [2.24, 2.45) is 11.0 Å². The maximum absolute atomic E-state index is 14.5. The lowest BCUT2D eigenvalue weighted by Gasteiger charge is -2.22. The first-order chi connectivity index (χ1) is 14.6. The van der Waals surface area contributed by atoms with E-state index in [0.717, 1.165) is 14.9 Å². The van der Waals surface area contributed by atoms with Crippen LogP contribution in [-0.4, -0.2) is 23.6 Å². The van der Waals surface area contributed by atoms with E-state index >= 15 is 0 Å². The van der Waals surface area contributed by atoms with Crippen molar-refractivity contribution in [3.8, 4) is 0 Å². The second kappa shape index (κ2) is 7.18. The van der Waals surface area contributed by atoms with Crippen molar-refractivity contribution in [1.82, 2.24) is 0 Å². The molecule has 148 valence electrons. The smallest absolute Gasteiger partial charge is 0.260 e. The molecule has 2 atom stereocenters. The summed E-state index contributed by atoms with van der Waals surface area (Å²) in [7, 11) is 0. The average Bonchev–Trinajstić information content (AvgIpc) is 3.27. The molecule has 3 aromatic carbocycles. The largest absolute Gasteiger partial charge is 0.273 e. The molecule has 0 aliphatic carbocycles. The monoisotopic (exact) mass is 463 g/mol. The Morgan fingerprint density at radius 3 is 2.20 bits per heavy atom. The summed E-state index contributed by atoms with van der Waals surface area (Å²) in [6.45, 7) is 0. The molecule has 5 nitrogen and oxygen atoms in total. The normalized spacial score (nSPS) is 20.5. The number of benzene rings is 3. The number of nitrogens with zero attached hydrogens (tertiary/aromatic N) is 3. The topological polar surface area (TPSA) is 53.0 Å². The molecule has 1 saturated heterocycles. The number of amides is 2. The van der Waals surface area contributed by atoms with Gasteiger partial charge in [0, 0.05) is 4.47 Å². The third-order valence-electron chi connectivity index (χ3n) is 5.30. The van der Waals surface area contributed by atoms with E-state index in [0.29, 0.717) is 11.4 Å². The van der Waals surface area contributed by atoms with Gasteiger partial charge in [0.2, 0.25) is 5.91 Å². The summed E-state index contributed by atoms with van der Waals surface area (Å²) in [6.07, 6.45) is 0. The maximum Gasteiger partial charge on any atom is 0.260 e. The Morgan fingerprint density at radius 1 is 0.833 bits per heavy atom. The third kappa shape index (κ3) is 2.85. The number of fused-ring (bicyclic) bond motifs is 1. The highest BCUT2D eigenvalue weighted by Gasteiger charge is 2.57. The van der Waals surface area contributed by atoms with E-state index in [1.807, 2.05) is 54.6 Å². The van der Waals surface area contributed by atoms with Gasteiger partial charge in [-0.1, -0.05) is 58.4 Å². The average molecular weight is 464 g/mol. The van der Waals surface area contributed by atoms with Crippen molar-refractivity contribution in [3.05, 3.63) is 94.7 Å². The van der Waals surface area contributed by atoms with Gasteiger partial charge in [-0.05, 0) is 42.0 Å². The minimum absolute atomic E-state index is 0.0370. The summed E-state index contributed by atoms with van der Waals surface area (Å²) in [5, 5.41) is 6.24. The molecular formula is C23H15BrFN3O2. The van der Waals surface area contributed by atoms with E-state index in [9.17, 15) is 14.0 Å². The molecule has 2 heterocycles. The number of anilines is 2. The standard InChI is InChI=1S/C23H15BrFN3O2/c24-15-12-10-14(11-13-15)20-19-21(28(26-20)16-6-2-1-3-7-16)23(30)27(22(19)29)18-9-5-4-8-17(18)25/h1-13,19,21H. The number of halogens is 2. The number of para-hydroxylation sites is 2. The van der Waals surface area contributed by atoms with Crippen molar-refractivity contribution < 1.29 is 14.0 Å². The number of rotatable bonds is 3. The molecule has 3 aromatic rings. The van der Waals surface area contributed by atoms with Crippen LogP contribution in [0.2, 0.25) is 0 Å². The molecule has 2 aliphatic heterocycles. The molecule has 0 radical (unpaired) electrons. The van der Waals surface area contributed by atoms with Crippen LogP contribution >= 0.6 is 15.9 Å². The first-order valence-corrected chi connectivity index (χ1v) is 10.2. The molecule has 0 bridgehead atoms. The molecule has 0 spiro atoms. The Kier molecular flexibility index (Phi) is 4.47. The van der Waals surface area contributed by atoms with E-state index in [1.165, 1.54) is 18.2 Å². The van der Waals surface area contributed by atoms with Crippen molar-refractivity contribution in [1.29, 1.82) is 0 Å². The zero-order valence-corrected chi connectivity index (χ0v) is 17.2. The number of carbonyl (C=O) groups excluding carboxylic acids is 2. The van der Waals surface area contributed by atoms with Gasteiger partial charge >= 0.3 is 0 Å². The van der Waals surface area contributed by atoms with Crippen molar-refractivity contribution in [2.75, 3.05) is 9.91 Å². The lowest BCUT2D eigenvalue weighted by Crippen LogP contribution is -2.39. The van der Waals surface area contributed by atoms with Crippen molar-refractivity contribution in [2.45, 2.75) is 6.04 Å². The van der Waals surface area contributed by atoms with Crippen LogP contribution in [0.5, 0.6) is 0 Å². The summed E-state index contributed by atoms with van der Waals surface area (Å²) in [5.41, 5.74) is 1.89. The Labute approximate surface area is 180 Å². The van der Waals surface area contributed by atoms with E-state index in [-0.39, 0.29) is 5.69 Å². The number of hydrogen-bond donors (Lipinski definition) is 0. The van der Waals surface area contributed by atoms with Crippen molar-refractivity contribution >= 4 is 44.8 Å². The predicted octanol–water partition coefficient (Wildman–Crippen LogP) is 4.37. The predicted molar refractivity (Wildman–Crippen MR) is 116 cm³/mol. The fourth-order valence-electron chi connectivity index (χ4n) is 3.94. The molecule has 0 aromatic heterocycles. The van der Waals surface area contributed by atoms with Crippen LogP contribution in [0.1, 0.15) is 5.56 Å². The van der Waals surface area contributed by atoms with Crippen LogP contribution in [0.25, 0.3) is 0 Å². The second-order valence-corrected chi connectivity index (χ2v) is 7.97. The molecule has 2 amide bonds. The van der Waals surface area contributed by atoms with Gasteiger partial charge in [-0.3, -0.25) is 14.6 Å². The molecule has 2 unspecified atom stereocenters. The SMILES string of the molecule is O=C1C2C(c3ccc(Br)cc3)=NN(c3ccccc3)C2C(=O)N1c1ccccc1F. The summed E-state index contributed by atoms with van der Waals surface area (Å²) in [5.74, 6) is -2.41. The lowest BCUT2D eigenvalue weighted by atomic mass is 9.93. The summed E-state index contributed by atoms with van der Waals surface area (Å²) in [4.78, 5) is 27.7. The van der Waals surface area contributed by atoms with Gasteiger partial charge in [-0.25, -0.2) is 9.29 Å². The highest BCUT2D eigenvalue weighted by atomic mass is 79.9. The first kappa shape index (κ1) is 18.7. The summed E-state index contributed by atoms with van der Waals surface area (Å²) in [6, 6.07) is 21.5. The maximum atomic E-state index is 14.5. The number of hydrazone groups is 1. The van der Waals surface area contributed by atoms with Gasteiger partial charge in [0.1, 0.15) is 17.8 Å². The number of imide groups is 1. The van der Waals surface area contributed by atoms with Gasteiger partial charge in [0.25, 0.3) is 5.91 Å². The van der Waals surface area contributed by atoms with Crippen LogP contribution in [0.15, 0.2) is 88.4 Å². The van der Waals surface area contributed by atoms with Crippen LogP contribution in [0.4, 0.5) is 15.8 Å². The fourth-order valence-corrected chi connectivity index (χ4v) is 4.20. The second-order valence-electron chi connectivity index (χ2n) is 7.06. The van der Waals surface area contributed by atoms with Crippen LogP contribution in [0.3, 0.4) is 0 Å². The highest BCUT2D eigenvalue weighted by molar-refractivity contribution is 9.10. The van der Waals surface area contributed by atoms with E-state index < -0.39 is 29.6 Å². The Morgan fingerprint density at radius 2 is 1.50 bits per heavy atom. The minimum Gasteiger partial charge on any atom is -0.273 e. The Bertz CT molecular complexity index is 1180. The van der Waals surface area contributed by atoms with Gasteiger partial charge in [0.15, 0.2) is 0 Å². The van der Waals surface area contributed by atoms with Gasteiger partial charge < -0.3 is 0 Å². The van der Waals surface area contributed by atoms with Crippen LogP contribution < -0.4 is 9.91 Å². The van der Waals surface area contributed by atoms with Gasteiger partial charge in [-0.15, -0.1) is 0 Å². The minimum atomic E-state index is -0.863. The van der Waals surface area contributed by atoms with E-state index in [1.54, 1.807) is 11.1 Å². The molecule has 30 heavy (non-hydrogen) atoms.